The number of methoxy groups -OCH3 is 1. The smallest absolute Gasteiger partial charge is 0.261 e. The molecule has 0 saturated carbocycles. The van der Waals surface area contributed by atoms with E-state index in [1.165, 1.54) is 24.3 Å². The van der Waals surface area contributed by atoms with Gasteiger partial charge in [0.2, 0.25) is 0 Å². The first-order valence-corrected chi connectivity index (χ1v) is 11.8. The van der Waals surface area contributed by atoms with Gasteiger partial charge in [0.05, 0.1) is 23.7 Å². The summed E-state index contributed by atoms with van der Waals surface area (Å²) in [6.45, 7) is 3.12. The van der Waals surface area contributed by atoms with Crippen LogP contribution in [0.3, 0.4) is 0 Å². The molecule has 33 heavy (non-hydrogen) atoms. The van der Waals surface area contributed by atoms with Crippen molar-refractivity contribution < 1.29 is 27.4 Å². The summed E-state index contributed by atoms with van der Waals surface area (Å²) in [6, 6.07) is 19.4. The molecule has 3 aromatic rings. The van der Waals surface area contributed by atoms with Crippen LogP contribution >= 0.6 is 0 Å². The number of rotatable bonds is 11. The molecule has 0 atom stereocenters. The van der Waals surface area contributed by atoms with Crippen LogP contribution in [0.15, 0.2) is 77.7 Å². The molecule has 3 rings (SSSR count). The van der Waals surface area contributed by atoms with E-state index in [2.05, 4.69) is 10.0 Å². The van der Waals surface area contributed by atoms with Crippen LogP contribution in [-0.4, -0.2) is 41.3 Å². The largest absolute Gasteiger partial charge is 0.494 e. The van der Waals surface area contributed by atoms with Crippen molar-refractivity contribution in [1.82, 2.24) is 0 Å². The van der Waals surface area contributed by atoms with E-state index in [0.717, 1.165) is 0 Å². The molecule has 0 spiro atoms. The van der Waals surface area contributed by atoms with E-state index in [0.29, 0.717) is 48.3 Å². The van der Waals surface area contributed by atoms with Gasteiger partial charge in [-0.25, -0.2) is 8.42 Å². The average Bonchev–Trinajstić information content (AvgIpc) is 2.81. The first-order chi connectivity index (χ1) is 15.9. The molecular weight excluding hydrogens is 444 g/mol. The second-order valence-electron chi connectivity index (χ2n) is 6.88. The maximum atomic E-state index is 12.7. The van der Waals surface area contributed by atoms with Crippen molar-refractivity contribution in [3.05, 3.63) is 78.4 Å². The third-order valence-corrected chi connectivity index (χ3v) is 5.91. The second-order valence-corrected chi connectivity index (χ2v) is 8.56. The lowest BCUT2D eigenvalue weighted by atomic mass is 10.2. The summed E-state index contributed by atoms with van der Waals surface area (Å²) in [6.07, 6.45) is 0. The lowest BCUT2D eigenvalue weighted by Crippen LogP contribution is -2.15. The van der Waals surface area contributed by atoms with Crippen molar-refractivity contribution in [2.45, 2.75) is 11.8 Å². The molecule has 0 aliphatic carbocycles. The van der Waals surface area contributed by atoms with Crippen LogP contribution in [0.5, 0.6) is 11.5 Å². The van der Waals surface area contributed by atoms with Crippen LogP contribution in [0, 0.1) is 0 Å². The Bertz CT molecular complexity index is 1160. The third-order valence-electron chi connectivity index (χ3n) is 4.52. The number of hydrogen-bond acceptors (Lipinski definition) is 6. The van der Waals surface area contributed by atoms with Gasteiger partial charge in [-0.3, -0.25) is 9.52 Å². The molecule has 8 nitrogen and oxygen atoms in total. The number of carbonyl (C=O) groups excluding carboxylic acids is 1. The topological polar surface area (TPSA) is 103 Å². The van der Waals surface area contributed by atoms with Crippen LogP contribution in [0.1, 0.15) is 17.3 Å². The van der Waals surface area contributed by atoms with Gasteiger partial charge < -0.3 is 19.5 Å². The zero-order chi connectivity index (χ0) is 23.7. The molecule has 0 bridgehead atoms. The molecule has 174 valence electrons. The highest BCUT2D eigenvalue weighted by Gasteiger charge is 2.16. The predicted octanol–water partition coefficient (Wildman–Crippen LogP) is 4.16. The molecule has 0 aliphatic heterocycles. The molecule has 0 unspecified atom stereocenters. The van der Waals surface area contributed by atoms with Crippen molar-refractivity contribution >= 4 is 27.3 Å². The van der Waals surface area contributed by atoms with Crippen molar-refractivity contribution in [3.63, 3.8) is 0 Å². The van der Waals surface area contributed by atoms with Crippen molar-refractivity contribution in [3.8, 4) is 11.5 Å². The summed E-state index contributed by atoms with van der Waals surface area (Å²) in [5.41, 5.74) is 1.23. The number of para-hydroxylation sites is 1. The Balaban J connectivity index is 1.67. The SMILES string of the molecule is CCOc1ccc(NS(=O)(=O)c2ccc(NC(=O)c3ccccc3OCCOC)cc2)cc1. The number of benzene rings is 3. The summed E-state index contributed by atoms with van der Waals surface area (Å²) in [5, 5.41) is 2.76. The maximum absolute atomic E-state index is 12.7. The Hall–Kier alpha value is -3.56. The summed E-state index contributed by atoms with van der Waals surface area (Å²) in [4.78, 5) is 12.8. The number of amides is 1. The summed E-state index contributed by atoms with van der Waals surface area (Å²) in [5.74, 6) is 0.725. The Morgan fingerprint density at radius 2 is 1.52 bits per heavy atom. The Labute approximate surface area is 193 Å². The van der Waals surface area contributed by atoms with E-state index in [9.17, 15) is 13.2 Å². The highest BCUT2D eigenvalue weighted by molar-refractivity contribution is 7.92. The minimum atomic E-state index is -3.79. The lowest BCUT2D eigenvalue weighted by Gasteiger charge is -2.12. The van der Waals surface area contributed by atoms with Gasteiger partial charge in [-0.05, 0) is 67.6 Å². The molecule has 0 saturated heterocycles. The normalized spacial score (nSPS) is 11.0. The molecule has 1 amide bonds. The van der Waals surface area contributed by atoms with E-state index < -0.39 is 10.0 Å². The Kier molecular flexibility index (Phi) is 8.28. The van der Waals surface area contributed by atoms with E-state index in [4.69, 9.17) is 14.2 Å². The molecule has 0 fully saturated rings. The van der Waals surface area contributed by atoms with Crippen molar-refractivity contribution in [2.75, 3.05) is 37.0 Å². The zero-order valence-electron chi connectivity index (χ0n) is 18.4. The average molecular weight is 471 g/mol. The van der Waals surface area contributed by atoms with E-state index in [1.807, 2.05) is 6.92 Å². The minimum Gasteiger partial charge on any atom is -0.494 e. The molecule has 0 aliphatic rings. The van der Waals surface area contributed by atoms with Gasteiger partial charge in [0.25, 0.3) is 15.9 Å². The van der Waals surface area contributed by atoms with E-state index in [1.54, 1.807) is 55.6 Å². The molecule has 2 N–H and O–H groups in total. The zero-order valence-corrected chi connectivity index (χ0v) is 19.2. The number of hydrogen-bond donors (Lipinski definition) is 2. The number of nitrogens with one attached hydrogen (secondary N) is 2. The van der Waals surface area contributed by atoms with Crippen LogP contribution < -0.4 is 19.5 Å². The monoisotopic (exact) mass is 470 g/mol. The van der Waals surface area contributed by atoms with Crippen LogP contribution in [0.2, 0.25) is 0 Å². The summed E-state index contributed by atoms with van der Waals surface area (Å²) in [7, 11) is -2.22. The van der Waals surface area contributed by atoms with Crippen molar-refractivity contribution in [1.29, 1.82) is 0 Å². The molecule has 0 aromatic heterocycles. The molecule has 9 heteroatoms. The fourth-order valence-electron chi connectivity index (χ4n) is 2.93. The quantitative estimate of drug-likeness (QED) is 0.408. The van der Waals surface area contributed by atoms with Gasteiger partial charge in [0.1, 0.15) is 18.1 Å². The standard InChI is InChI=1S/C24H26N2O6S/c1-3-31-20-12-8-19(9-13-20)26-33(28,29)21-14-10-18(11-15-21)25-24(27)22-6-4-5-7-23(22)32-17-16-30-2/h4-15,26H,3,16-17H2,1-2H3,(H,25,27). The highest BCUT2D eigenvalue weighted by Crippen LogP contribution is 2.23. The van der Waals surface area contributed by atoms with Gasteiger partial charge >= 0.3 is 0 Å². The Morgan fingerprint density at radius 3 is 2.18 bits per heavy atom. The second kappa shape index (κ2) is 11.3. The molecular formula is C24H26N2O6S. The van der Waals surface area contributed by atoms with Crippen LogP contribution in [-0.2, 0) is 14.8 Å². The number of carbonyl (C=O) groups is 1. The molecule has 3 aromatic carbocycles. The number of anilines is 2. The summed E-state index contributed by atoms with van der Waals surface area (Å²) >= 11 is 0. The fourth-order valence-corrected chi connectivity index (χ4v) is 3.99. The third kappa shape index (κ3) is 6.71. The van der Waals surface area contributed by atoms with Crippen molar-refractivity contribution in [2.24, 2.45) is 0 Å². The van der Waals surface area contributed by atoms with E-state index in [-0.39, 0.29) is 10.8 Å². The first kappa shape index (κ1) is 24.1. The van der Waals surface area contributed by atoms with Gasteiger partial charge in [0.15, 0.2) is 0 Å². The number of ether oxygens (including phenoxy) is 3. The highest BCUT2D eigenvalue weighted by atomic mass is 32.2. The van der Waals surface area contributed by atoms with Gasteiger partial charge in [0, 0.05) is 18.5 Å². The van der Waals surface area contributed by atoms with Gasteiger partial charge in [-0.2, -0.15) is 0 Å². The molecule has 0 radical (unpaired) electrons. The molecule has 0 heterocycles. The fraction of sp³-hybridized carbons (Fsp3) is 0.208. The maximum Gasteiger partial charge on any atom is 0.261 e. The predicted molar refractivity (Wildman–Crippen MR) is 127 cm³/mol. The number of sulfonamides is 1. The van der Waals surface area contributed by atoms with Gasteiger partial charge in [-0.1, -0.05) is 12.1 Å². The van der Waals surface area contributed by atoms with Gasteiger partial charge in [-0.15, -0.1) is 0 Å². The lowest BCUT2D eigenvalue weighted by molar-refractivity contribution is 0.101. The Morgan fingerprint density at radius 1 is 0.848 bits per heavy atom. The summed E-state index contributed by atoms with van der Waals surface area (Å²) < 4.78 is 43.8. The van der Waals surface area contributed by atoms with Crippen LogP contribution in [0.4, 0.5) is 11.4 Å². The van der Waals surface area contributed by atoms with Crippen LogP contribution in [0.25, 0.3) is 0 Å². The van der Waals surface area contributed by atoms with E-state index >= 15 is 0 Å². The first-order valence-electron chi connectivity index (χ1n) is 10.3. The minimum absolute atomic E-state index is 0.0673.